The van der Waals surface area contributed by atoms with Crippen LogP contribution in [-0.2, 0) is 4.79 Å². The van der Waals surface area contributed by atoms with E-state index in [4.69, 9.17) is 9.47 Å². The Hall–Kier alpha value is -3.80. The van der Waals surface area contributed by atoms with Crippen molar-refractivity contribution in [1.29, 1.82) is 0 Å². The van der Waals surface area contributed by atoms with Crippen molar-refractivity contribution in [3.63, 3.8) is 0 Å². The van der Waals surface area contributed by atoms with E-state index in [2.05, 4.69) is 10.6 Å². The summed E-state index contributed by atoms with van der Waals surface area (Å²) in [6.45, 7) is 1.75. The molecule has 0 saturated carbocycles. The summed E-state index contributed by atoms with van der Waals surface area (Å²) >= 11 is 0. The smallest absolute Gasteiger partial charge is 0.262 e. The molecule has 0 radical (unpaired) electrons. The molecule has 3 aromatic carbocycles. The molecule has 3 aromatic rings. The highest BCUT2D eigenvalue weighted by molar-refractivity contribution is 6.04. The number of rotatable bonds is 7. The number of hydrogen-bond donors (Lipinski definition) is 2. The number of carbonyl (C=O) groups is 2. The highest BCUT2D eigenvalue weighted by Crippen LogP contribution is 2.21. The summed E-state index contributed by atoms with van der Waals surface area (Å²) in [5, 5.41) is 5.66. The third-order valence-corrected chi connectivity index (χ3v) is 4.22. The Bertz CT molecular complexity index is 986. The van der Waals surface area contributed by atoms with Gasteiger partial charge in [-0.3, -0.25) is 9.59 Å². The Labute approximate surface area is 169 Å². The van der Waals surface area contributed by atoms with Gasteiger partial charge in [-0.05, 0) is 67.1 Å². The van der Waals surface area contributed by atoms with Gasteiger partial charge in [0.05, 0.1) is 7.11 Å². The maximum Gasteiger partial charge on any atom is 0.262 e. The van der Waals surface area contributed by atoms with Gasteiger partial charge in [-0.25, -0.2) is 0 Å². The SMILES string of the molecule is COc1ccc(OCC(=O)Nc2ccc(NC(=O)c3ccccc3)c(C)c2)cc1. The van der Waals surface area contributed by atoms with E-state index >= 15 is 0 Å². The molecule has 0 aliphatic carbocycles. The molecule has 0 aliphatic heterocycles. The molecule has 0 bridgehead atoms. The second-order valence-corrected chi connectivity index (χ2v) is 6.36. The first-order valence-corrected chi connectivity index (χ1v) is 9.09. The summed E-state index contributed by atoms with van der Waals surface area (Å²) in [5.41, 5.74) is 2.73. The summed E-state index contributed by atoms with van der Waals surface area (Å²) in [4.78, 5) is 24.4. The van der Waals surface area contributed by atoms with Crippen molar-refractivity contribution in [2.45, 2.75) is 6.92 Å². The molecule has 0 atom stereocenters. The van der Waals surface area contributed by atoms with Crippen LogP contribution in [0.5, 0.6) is 11.5 Å². The van der Waals surface area contributed by atoms with Crippen molar-refractivity contribution in [3.8, 4) is 11.5 Å². The number of carbonyl (C=O) groups excluding carboxylic acids is 2. The Morgan fingerprint density at radius 3 is 2.21 bits per heavy atom. The summed E-state index contributed by atoms with van der Waals surface area (Å²) in [7, 11) is 1.59. The molecule has 0 heterocycles. The van der Waals surface area contributed by atoms with E-state index < -0.39 is 0 Å². The standard InChI is InChI=1S/C23H22N2O4/c1-16-14-18(8-13-21(16)25-23(27)17-6-4-3-5-7-17)24-22(26)15-29-20-11-9-19(28-2)10-12-20/h3-14H,15H2,1-2H3,(H,24,26)(H,25,27). The summed E-state index contributed by atoms with van der Waals surface area (Å²) in [6, 6.07) is 21.3. The van der Waals surface area contributed by atoms with Crippen LogP contribution in [0.1, 0.15) is 15.9 Å². The van der Waals surface area contributed by atoms with Crippen LogP contribution in [-0.4, -0.2) is 25.5 Å². The summed E-state index contributed by atoms with van der Waals surface area (Å²) in [6.07, 6.45) is 0. The minimum atomic E-state index is -0.277. The largest absolute Gasteiger partial charge is 0.497 e. The van der Waals surface area contributed by atoms with Gasteiger partial charge in [0.15, 0.2) is 6.61 Å². The van der Waals surface area contributed by atoms with E-state index in [9.17, 15) is 9.59 Å². The van der Waals surface area contributed by atoms with E-state index in [-0.39, 0.29) is 18.4 Å². The molecular weight excluding hydrogens is 368 g/mol. The fourth-order valence-electron chi connectivity index (χ4n) is 2.68. The molecule has 0 unspecified atom stereocenters. The second-order valence-electron chi connectivity index (χ2n) is 6.36. The fourth-order valence-corrected chi connectivity index (χ4v) is 2.68. The number of aryl methyl sites for hydroxylation is 1. The fraction of sp³-hybridized carbons (Fsp3) is 0.130. The average molecular weight is 390 g/mol. The zero-order valence-electron chi connectivity index (χ0n) is 16.3. The Morgan fingerprint density at radius 1 is 0.862 bits per heavy atom. The zero-order chi connectivity index (χ0) is 20.6. The van der Waals surface area contributed by atoms with Crippen molar-refractivity contribution in [1.82, 2.24) is 0 Å². The van der Waals surface area contributed by atoms with E-state index in [1.165, 1.54) is 0 Å². The van der Waals surface area contributed by atoms with Crippen LogP contribution in [0.4, 0.5) is 11.4 Å². The molecule has 0 saturated heterocycles. The van der Waals surface area contributed by atoms with E-state index in [0.717, 1.165) is 11.3 Å². The van der Waals surface area contributed by atoms with E-state index in [0.29, 0.717) is 22.7 Å². The molecule has 0 spiro atoms. The second kappa shape index (κ2) is 9.41. The first kappa shape index (κ1) is 19.9. The average Bonchev–Trinajstić information content (AvgIpc) is 2.75. The maximum absolute atomic E-state index is 12.3. The van der Waals surface area contributed by atoms with Gasteiger partial charge in [0, 0.05) is 16.9 Å². The predicted molar refractivity (Wildman–Crippen MR) is 113 cm³/mol. The highest BCUT2D eigenvalue weighted by Gasteiger charge is 2.09. The van der Waals surface area contributed by atoms with Crippen LogP contribution in [0.2, 0.25) is 0 Å². The van der Waals surface area contributed by atoms with Crippen molar-refractivity contribution in [3.05, 3.63) is 83.9 Å². The van der Waals surface area contributed by atoms with Gasteiger partial charge in [-0.2, -0.15) is 0 Å². The molecule has 0 aromatic heterocycles. The van der Waals surface area contributed by atoms with Gasteiger partial charge < -0.3 is 20.1 Å². The lowest BCUT2D eigenvalue weighted by molar-refractivity contribution is -0.118. The Kier molecular flexibility index (Phi) is 6.47. The van der Waals surface area contributed by atoms with Crippen LogP contribution in [0.3, 0.4) is 0 Å². The minimum absolute atomic E-state index is 0.113. The quantitative estimate of drug-likeness (QED) is 0.632. The van der Waals surface area contributed by atoms with Gasteiger partial charge in [0.2, 0.25) is 0 Å². The molecule has 0 fully saturated rings. The molecule has 2 N–H and O–H groups in total. The molecule has 0 aliphatic rings. The van der Waals surface area contributed by atoms with Gasteiger partial charge >= 0.3 is 0 Å². The number of nitrogens with one attached hydrogen (secondary N) is 2. The van der Waals surface area contributed by atoms with Crippen LogP contribution in [0.15, 0.2) is 72.8 Å². The Morgan fingerprint density at radius 2 is 1.55 bits per heavy atom. The van der Waals surface area contributed by atoms with Crippen molar-refractivity contribution in [2.24, 2.45) is 0 Å². The van der Waals surface area contributed by atoms with Crippen LogP contribution >= 0.6 is 0 Å². The normalized spacial score (nSPS) is 10.1. The first-order valence-electron chi connectivity index (χ1n) is 9.09. The lowest BCUT2D eigenvalue weighted by Gasteiger charge is -2.12. The van der Waals surface area contributed by atoms with Crippen LogP contribution in [0.25, 0.3) is 0 Å². The van der Waals surface area contributed by atoms with E-state index in [1.54, 1.807) is 61.7 Å². The molecular formula is C23H22N2O4. The van der Waals surface area contributed by atoms with Gasteiger partial charge in [-0.15, -0.1) is 0 Å². The molecule has 3 rings (SSSR count). The lowest BCUT2D eigenvalue weighted by atomic mass is 10.1. The number of methoxy groups -OCH3 is 1. The van der Waals surface area contributed by atoms with Gasteiger partial charge in [0.1, 0.15) is 11.5 Å². The first-order chi connectivity index (χ1) is 14.0. The molecule has 6 heteroatoms. The number of ether oxygens (including phenoxy) is 2. The lowest BCUT2D eigenvalue weighted by Crippen LogP contribution is -2.20. The molecule has 6 nitrogen and oxygen atoms in total. The van der Waals surface area contributed by atoms with Crippen molar-refractivity contribution >= 4 is 23.2 Å². The molecule has 29 heavy (non-hydrogen) atoms. The third-order valence-electron chi connectivity index (χ3n) is 4.22. The van der Waals surface area contributed by atoms with Gasteiger partial charge in [-0.1, -0.05) is 18.2 Å². The third kappa shape index (κ3) is 5.59. The minimum Gasteiger partial charge on any atom is -0.497 e. The number of anilines is 2. The summed E-state index contributed by atoms with van der Waals surface area (Å²) < 4.78 is 10.6. The highest BCUT2D eigenvalue weighted by atomic mass is 16.5. The topological polar surface area (TPSA) is 76.7 Å². The monoisotopic (exact) mass is 390 g/mol. The van der Waals surface area contributed by atoms with E-state index in [1.807, 2.05) is 25.1 Å². The molecule has 2 amide bonds. The van der Waals surface area contributed by atoms with Crippen molar-refractivity contribution in [2.75, 3.05) is 24.4 Å². The Balaban J connectivity index is 1.55. The van der Waals surface area contributed by atoms with Crippen LogP contribution < -0.4 is 20.1 Å². The number of benzene rings is 3. The predicted octanol–water partition coefficient (Wildman–Crippen LogP) is 4.27. The van der Waals surface area contributed by atoms with Crippen LogP contribution in [0, 0.1) is 6.92 Å². The number of amides is 2. The van der Waals surface area contributed by atoms with Crippen molar-refractivity contribution < 1.29 is 19.1 Å². The zero-order valence-corrected chi connectivity index (χ0v) is 16.3. The van der Waals surface area contributed by atoms with Gasteiger partial charge in [0.25, 0.3) is 11.8 Å². The summed E-state index contributed by atoms with van der Waals surface area (Å²) in [5.74, 6) is 0.840. The molecule has 148 valence electrons. The number of hydrogen-bond acceptors (Lipinski definition) is 4. The maximum atomic E-state index is 12.3.